The van der Waals surface area contributed by atoms with E-state index >= 15 is 0 Å². The molecular weight excluding hydrogens is 260 g/mol. The lowest BCUT2D eigenvalue weighted by molar-refractivity contribution is -0.143. The van der Waals surface area contributed by atoms with Crippen molar-refractivity contribution in [2.75, 3.05) is 0 Å². The quantitative estimate of drug-likeness (QED) is 0.806. The molecule has 110 valence electrons. The summed E-state index contributed by atoms with van der Waals surface area (Å²) in [5, 5.41) is 0. The molecule has 4 atom stereocenters. The maximum Gasteiger partial charge on any atom is 0.228 e. The minimum absolute atomic E-state index is 0. The topological polar surface area (TPSA) is 46.3 Å². The summed E-state index contributed by atoms with van der Waals surface area (Å²) >= 11 is 0. The highest BCUT2D eigenvalue weighted by molar-refractivity contribution is 5.85. The minimum atomic E-state index is -0.272. The van der Waals surface area contributed by atoms with Gasteiger partial charge in [0.2, 0.25) is 5.91 Å². The number of carbonyl (C=O) groups is 1. The van der Waals surface area contributed by atoms with Crippen molar-refractivity contribution in [3.8, 4) is 0 Å². The smallest absolute Gasteiger partial charge is 0.228 e. The van der Waals surface area contributed by atoms with Crippen LogP contribution >= 0.6 is 12.4 Å². The summed E-state index contributed by atoms with van der Waals surface area (Å²) in [5.74, 6) is 0.458. The Bertz CT molecular complexity index is 325. The number of nitrogens with zero attached hydrogens (tertiary/aromatic N) is 1. The zero-order valence-corrected chi connectivity index (χ0v) is 12.8. The standard InChI is InChI=1S/C15H26N2O.ClH/c1-15(16)10-3-2-7-13(15)14(18)17-11-5-4-6-12(17)9-8-11;/h11-13H,2-10,16H2,1H3;1H. The highest BCUT2D eigenvalue weighted by Gasteiger charge is 2.46. The van der Waals surface area contributed by atoms with Crippen LogP contribution in [0, 0.1) is 5.92 Å². The normalized spacial score (nSPS) is 41.8. The first-order valence-electron chi connectivity index (χ1n) is 7.70. The van der Waals surface area contributed by atoms with Crippen molar-refractivity contribution in [1.82, 2.24) is 4.90 Å². The van der Waals surface area contributed by atoms with Crippen molar-refractivity contribution in [3.63, 3.8) is 0 Å². The van der Waals surface area contributed by atoms with E-state index in [0.29, 0.717) is 18.0 Å². The highest BCUT2D eigenvalue weighted by atomic mass is 35.5. The molecule has 2 saturated heterocycles. The molecule has 2 heterocycles. The average Bonchev–Trinajstić information content (AvgIpc) is 2.58. The number of hydrogen-bond acceptors (Lipinski definition) is 2. The molecule has 0 aromatic heterocycles. The van der Waals surface area contributed by atoms with Gasteiger partial charge < -0.3 is 10.6 Å². The van der Waals surface area contributed by atoms with Crippen LogP contribution in [0.5, 0.6) is 0 Å². The average molecular weight is 287 g/mol. The van der Waals surface area contributed by atoms with Crippen molar-refractivity contribution >= 4 is 18.3 Å². The molecule has 3 rings (SSSR count). The van der Waals surface area contributed by atoms with Gasteiger partial charge in [0.05, 0.1) is 5.92 Å². The third kappa shape index (κ3) is 2.64. The molecule has 0 aromatic rings. The molecule has 1 aliphatic carbocycles. The highest BCUT2D eigenvalue weighted by Crippen LogP contribution is 2.40. The Morgan fingerprint density at radius 3 is 2.26 bits per heavy atom. The van der Waals surface area contributed by atoms with E-state index in [1.54, 1.807) is 0 Å². The van der Waals surface area contributed by atoms with Crippen molar-refractivity contribution in [2.24, 2.45) is 11.7 Å². The fourth-order valence-electron chi connectivity index (χ4n) is 4.42. The van der Waals surface area contributed by atoms with Gasteiger partial charge in [0, 0.05) is 17.6 Å². The Morgan fingerprint density at radius 1 is 1.05 bits per heavy atom. The van der Waals surface area contributed by atoms with Crippen molar-refractivity contribution in [1.29, 1.82) is 0 Å². The number of halogens is 1. The molecule has 0 radical (unpaired) electrons. The first-order valence-corrected chi connectivity index (χ1v) is 7.70. The fraction of sp³-hybridized carbons (Fsp3) is 0.933. The van der Waals surface area contributed by atoms with Crippen LogP contribution in [0.1, 0.15) is 64.7 Å². The summed E-state index contributed by atoms with van der Waals surface area (Å²) in [4.78, 5) is 15.1. The molecular formula is C15H27ClN2O. The molecule has 4 unspecified atom stereocenters. The minimum Gasteiger partial charge on any atom is -0.336 e. The summed E-state index contributed by atoms with van der Waals surface area (Å²) < 4.78 is 0. The summed E-state index contributed by atoms with van der Waals surface area (Å²) in [7, 11) is 0. The van der Waals surface area contributed by atoms with Gasteiger partial charge in [-0.2, -0.15) is 0 Å². The Balaban J connectivity index is 0.00000133. The Kier molecular flexibility index (Phi) is 4.46. The number of nitrogens with two attached hydrogens (primary N) is 1. The van der Waals surface area contributed by atoms with Gasteiger partial charge in [-0.1, -0.05) is 12.8 Å². The second-order valence-corrected chi connectivity index (χ2v) is 6.87. The predicted molar refractivity (Wildman–Crippen MR) is 79.3 cm³/mol. The van der Waals surface area contributed by atoms with E-state index in [9.17, 15) is 4.79 Å². The number of carbonyl (C=O) groups excluding carboxylic acids is 1. The molecule has 2 N–H and O–H groups in total. The third-order valence-electron chi connectivity index (χ3n) is 5.50. The van der Waals surface area contributed by atoms with Crippen molar-refractivity contribution in [3.05, 3.63) is 0 Å². The summed E-state index contributed by atoms with van der Waals surface area (Å²) in [6.45, 7) is 2.08. The Hall–Kier alpha value is -0.280. The first kappa shape index (κ1) is 15.1. The number of fused-ring (bicyclic) bond motifs is 2. The molecule has 1 saturated carbocycles. The van der Waals surface area contributed by atoms with E-state index in [2.05, 4.69) is 11.8 Å². The summed E-state index contributed by atoms with van der Waals surface area (Å²) in [6.07, 6.45) is 10.6. The van der Waals surface area contributed by atoms with E-state index in [1.165, 1.54) is 44.9 Å². The lowest BCUT2D eigenvalue weighted by Crippen LogP contribution is -2.56. The van der Waals surface area contributed by atoms with Crippen LogP contribution in [0.4, 0.5) is 0 Å². The van der Waals surface area contributed by atoms with Crippen LogP contribution in [0.2, 0.25) is 0 Å². The van der Waals surface area contributed by atoms with E-state index < -0.39 is 0 Å². The molecule has 0 spiro atoms. The SMILES string of the molecule is CC1(N)CCCCC1C(=O)N1C2CCCC1CC2.Cl. The number of hydrogen-bond donors (Lipinski definition) is 1. The maximum absolute atomic E-state index is 12.9. The van der Waals surface area contributed by atoms with Crippen LogP contribution in [0.25, 0.3) is 0 Å². The van der Waals surface area contributed by atoms with E-state index in [-0.39, 0.29) is 23.9 Å². The zero-order chi connectivity index (χ0) is 12.8. The predicted octanol–water partition coefficient (Wildman–Crippen LogP) is 2.86. The van der Waals surface area contributed by atoms with Crippen LogP contribution in [0.15, 0.2) is 0 Å². The van der Waals surface area contributed by atoms with Gasteiger partial charge in [0.15, 0.2) is 0 Å². The molecule has 1 amide bonds. The molecule has 3 nitrogen and oxygen atoms in total. The molecule has 2 aliphatic heterocycles. The van der Waals surface area contributed by atoms with Crippen LogP contribution in [-0.4, -0.2) is 28.4 Å². The largest absolute Gasteiger partial charge is 0.336 e. The van der Waals surface area contributed by atoms with Gasteiger partial charge in [-0.3, -0.25) is 4.79 Å². The van der Waals surface area contributed by atoms with Crippen molar-refractivity contribution < 1.29 is 4.79 Å². The van der Waals surface area contributed by atoms with Gasteiger partial charge in [-0.25, -0.2) is 0 Å². The molecule has 19 heavy (non-hydrogen) atoms. The van der Waals surface area contributed by atoms with E-state index in [4.69, 9.17) is 5.73 Å². The molecule has 3 aliphatic rings. The first-order chi connectivity index (χ1) is 8.59. The van der Waals surface area contributed by atoms with E-state index in [0.717, 1.165) is 12.8 Å². The van der Waals surface area contributed by atoms with E-state index in [1.807, 2.05) is 0 Å². The fourth-order valence-corrected chi connectivity index (χ4v) is 4.42. The van der Waals surface area contributed by atoms with Crippen molar-refractivity contribution in [2.45, 2.75) is 82.3 Å². The van der Waals surface area contributed by atoms with Crippen LogP contribution < -0.4 is 5.73 Å². The van der Waals surface area contributed by atoms with Crippen LogP contribution in [-0.2, 0) is 4.79 Å². The van der Waals surface area contributed by atoms with Gasteiger partial charge in [0.1, 0.15) is 0 Å². The number of amides is 1. The summed E-state index contributed by atoms with van der Waals surface area (Å²) in [5.41, 5.74) is 6.12. The van der Waals surface area contributed by atoms with Gasteiger partial charge in [-0.05, 0) is 51.9 Å². The monoisotopic (exact) mass is 286 g/mol. The van der Waals surface area contributed by atoms with Gasteiger partial charge in [-0.15, -0.1) is 12.4 Å². The lowest BCUT2D eigenvalue weighted by Gasteiger charge is -2.43. The lowest BCUT2D eigenvalue weighted by atomic mass is 9.73. The maximum atomic E-state index is 12.9. The zero-order valence-electron chi connectivity index (χ0n) is 11.9. The second-order valence-electron chi connectivity index (χ2n) is 6.87. The Morgan fingerprint density at radius 2 is 1.68 bits per heavy atom. The van der Waals surface area contributed by atoms with Gasteiger partial charge >= 0.3 is 0 Å². The molecule has 0 aromatic carbocycles. The third-order valence-corrected chi connectivity index (χ3v) is 5.50. The number of rotatable bonds is 1. The Labute approximate surface area is 122 Å². The molecule has 4 heteroatoms. The van der Waals surface area contributed by atoms with Crippen LogP contribution in [0.3, 0.4) is 0 Å². The number of piperidine rings is 1. The van der Waals surface area contributed by atoms with Gasteiger partial charge in [0.25, 0.3) is 0 Å². The summed E-state index contributed by atoms with van der Waals surface area (Å²) in [6, 6.07) is 1.07. The molecule has 2 bridgehead atoms. The second kappa shape index (κ2) is 5.61. The molecule has 3 fully saturated rings.